The summed E-state index contributed by atoms with van der Waals surface area (Å²) in [5.74, 6) is 2.95. The summed E-state index contributed by atoms with van der Waals surface area (Å²) in [6.07, 6.45) is 9.90. The molecule has 0 radical (unpaired) electrons. The number of nitrogens with zero attached hydrogens (tertiary/aromatic N) is 2. The van der Waals surface area contributed by atoms with E-state index in [1.54, 1.807) is 0 Å². The minimum atomic E-state index is 0.520. The minimum absolute atomic E-state index is 0.520. The highest BCUT2D eigenvalue weighted by Gasteiger charge is 2.30. The predicted molar refractivity (Wildman–Crippen MR) is 68.1 cm³/mol. The summed E-state index contributed by atoms with van der Waals surface area (Å²) in [6.45, 7) is 4.48. The van der Waals surface area contributed by atoms with Crippen LogP contribution in [-0.2, 0) is 0 Å². The summed E-state index contributed by atoms with van der Waals surface area (Å²) < 4.78 is 5.37. The van der Waals surface area contributed by atoms with Gasteiger partial charge in [0.2, 0.25) is 5.89 Å². The van der Waals surface area contributed by atoms with E-state index < -0.39 is 0 Å². The van der Waals surface area contributed by atoms with Crippen molar-refractivity contribution in [1.82, 2.24) is 10.1 Å². The van der Waals surface area contributed by atoms with Gasteiger partial charge >= 0.3 is 0 Å². The van der Waals surface area contributed by atoms with Gasteiger partial charge in [-0.1, -0.05) is 44.7 Å². The van der Waals surface area contributed by atoms with Crippen LogP contribution >= 0.6 is 0 Å². The van der Waals surface area contributed by atoms with Crippen molar-refractivity contribution < 1.29 is 4.52 Å². The van der Waals surface area contributed by atoms with Gasteiger partial charge < -0.3 is 4.52 Å². The average Bonchev–Trinajstić information content (AvgIpc) is 3.09. The highest BCUT2D eigenvalue weighted by molar-refractivity contribution is 5.04. The summed E-state index contributed by atoms with van der Waals surface area (Å²) in [4.78, 5) is 4.60. The Morgan fingerprint density at radius 3 is 2.35 bits per heavy atom. The van der Waals surface area contributed by atoms with E-state index in [2.05, 4.69) is 24.0 Å². The Balaban J connectivity index is 1.95. The molecule has 3 heteroatoms. The maximum atomic E-state index is 5.37. The largest absolute Gasteiger partial charge is 0.339 e. The van der Waals surface area contributed by atoms with Crippen molar-refractivity contribution in [3.8, 4) is 0 Å². The van der Waals surface area contributed by atoms with Gasteiger partial charge in [-0.05, 0) is 25.7 Å². The first-order chi connectivity index (χ1) is 8.35. The van der Waals surface area contributed by atoms with Crippen LogP contribution in [0.25, 0.3) is 0 Å². The summed E-state index contributed by atoms with van der Waals surface area (Å²) in [5.41, 5.74) is 0. The van der Waals surface area contributed by atoms with E-state index in [0.29, 0.717) is 11.8 Å². The first-order valence-corrected chi connectivity index (χ1v) is 7.18. The lowest BCUT2D eigenvalue weighted by Crippen LogP contribution is -2.02. The third-order valence-electron chi connectivity index (χ3n) is 3.56. The van der Waals surface area contributed by atoms with Gasteiger partial charge in [0, 0.05) is 11.8 Å². The first kappa shape index (κ1) is 12.6. The highest BCUT2D eigenvalue weighted by atomic mass is 16.5. The normalized spacial score (nSPS) is 15.7. The highest BCUT2D eigenvalue weighted by Crippen LogP contribution is 2.39. The topological polar surface area (TPSA) is 38.9 Å². The standard InChI is InChI=1S/C14H24N2O/c1-3-5-7-11(8-6-4-2)13-15-14(17-16-13)12-9-10-12/h11-12H,3-10H2,1-2H3. The lowest BCUT2D eigenvalue weighted by Gasteiger charge is -2.11. The van der Waals surface area contributed by atoms with Crippen molar-refractivity contribution in [3.63, 3.8) is 0 Å². The number of hydrogen-bond donors (Lipinski definition) is 0. The van der Waals surface area contributed by atoms with E-state index in [1.165, 1.54) is 51.4 Å². The molecule has 2 rings (SSSR count). The van der Waals surface area contributed by atoms with Crippen molar-refractivity contribution in [2.45, 2.75) is 77.0 Å². The molecule has 0 amide bonds. The molecular formula is C14H24N2O. The van der Waals surface area contributed by atoms with Gasteiger partial charge in [0.05, 0.1) is 0 Å². The summed E-state index contributed by atoms with van der Waals surface area (Å²) >= 11 is 0. The molecule has 0 unspecified atom stereocenters. The van der Waals surface area contributed by atoms with Gasteiger partial charge in [-0.25, -0.2) is 0 Å². The van der Waals surface area contributed by atoms with Gasteiger partial charge in [-0.15, -0.1) is 0 Å². The Bertz CT molecular complexity index is 323. The molecule has 1 aliphatic rings. The molecule has 0 N–H and O–H groups in total. The number of unbranched alkanes of at least 4 members (excludes halogenated alkanes) is 2. The Hall–Kier alpha value is -0.860. The molecule has 0 spiro atoms. The van der Waals surface area contributed by atoms with E-state index in [-0.39, 0.29) is 0 Å². The quantitative estimate of drug-likeness (QED) is 0.671. The Kier molecular flexibility index (Phi) is 4.57. The summed E-state index contributed by atoms with van der Waals surface area (Å²) in [6, 6.07) is 0. The van der Waals surface area contributed by atoms with Gasteiger partial charge in [-0.2, -0.15) is 4.98 Å². The zero-order valence-corrected chi connectivity index (χ0v) is 11.1. The molecule has 3 nitrogen and oxygen atoms in total. The number of rotatable bonds is 8. The molecule has 96 valence electrons. The van der Waals surface area contributed by atoms with Crippen LogP contribution in [0.3, 0.4) is 0 Å². The molecule has 1 aromatic rings. The van der Waals surface area contributed by atoms with Gasteiger partial charge in [0.25, 0.3) is 0 Å². The number of aromatic nitrogens is 2. The van der Waals surface area contributed by atoms with Crippen LogP contribution in [-0.4, -0.2) is 10.1 Å². The van der Waals surface area contributed by atoms with Crippen molar-refractivity contribution >= 4 is 0 Å². The van der Waals surface area contributed by atoms with Crippen LogP contribution in [0.1, 0.15) is 88.8 Å². The monoisotopic (exact) mass is 236 g/mol. The number of hydrogen-bond acceptors (Lipinski definition) is 3. The van der Waals surface area contributed by atoms with E-state index in [9.17, 15) is 0 Å². The molecule has 1 aliphatic carbocycles. The summed E-state index contributed by atoms with van der Waals surface area (Å²) in [5, 5.41) is 4.20. The average molecular weight is 236 g/mol. The van der Waals surface area contributed by atoms with Gasteiger partial charge in [0.15, 0.2) is 5.82 Å². The molecule has 1 saturated carbocycles. The van der Waals surface area contributed by atoms with Crippen LogP contribution in [0, 0.1) is 0 Å². The third kappa shape index (κ3) is 3.55. The maximum absolute atomic E-state index is 5.37. The Morgan fingerprint density at radius 2 is 1.82 bits per heavy atom. The Morgan fingerprint density at radius 1 is 1.18 bits per heavy atom. The molecule has 0 aliphatic heterocycles. The lowest BCUT2D eigenvalue weighted by molar-refractivity contribution is 0.366. The second kappa shape index (κ2) is 6.18. The van der Waals surface area contributed by atoms with E-state index >= 15 is 0 Å². The zero-order chi connectivity index (χ0) is 12.1. The fourth-order valence-electron chi connectivity index (χ4n) is 2.21. The summed E-state index contributed by atoms with van der Waals surface area (Å²) in [7, 11) is 0. The van der Waals surface area contributed by atoms with Gasteiger partial charge in [-0.3, -0.25) is 0 Å². The smallest absolute Gasteiger partial charge is 0.229 e. The van der Waals surface area contributed by atoms with E-state index in [4.69, 9.17) is 4.52 Å². The zero-order valence-electron chi connectivity index (χ0n) is 11.1. The molecular weight excluding hydrogens is 212 g/mol. The van der Waals surface area contributed by atoms with E-state index in [0.717, 1.165) is 11.7 Å². The van der Waals surface area contributed by atoms with Crippen molar-refractivity contribution in [1.29, 1.82) is 0 Å². The minimum Gasteiger partial charge on any atom is -0.339 e. The van der Waals surface area contributed by atoms with Crippen molar-refractivity contribution in [2.75, 3.05) is 0 Å². The second-order valence-electron chi connectivity index (χ2n) is 5.25. The van der Waals surface area contributed by atoms with E-state index in [1.807, 2.05) is 0 Å². The van der Waals surface area contributed by atoms with Crippen LogP contribution < -0.4 is 0 Å². The molecule has 0 aromatic carbocycles. The first-order valence-electron chi connectivity index (χ1n) is 7.18. The van der Waals surface area contributed by atoms with Crippen molar-refractivity contribution in [2.24, 2.45) is 0 Å². The molecule has 17 heavy (non-hydrogen) atoms. The fraction of sp³-hybridized carbons (Fsp3) is 0.857. The Labute approximate surface area is 104 Å². The van der Waals surface area contributed by atoms with Crippen molar-refractivity contribution in [3.05, 3.63) is 11.7 Å². The molecule has 1 aromatic heterocycles. The van der Waals surface area contributed by atoms with Crippen LogP contribution in [0.2, 0.25) is 0 Å². The fourth-order valence-corrected chi connectivity index (χ4v) is 2.21. The van der Waals surface area contributed by atoms with Crippen LogP contribution in [0.5, 0.6) is 0 Å². The van der Waals surface area contributed by atoms with Crippen LogP contribution in [0.15, 0.2) is 4.52 Å². The lowest BCUT2D eigenvalue weighted by atomic mass is 9.95. The second-order valence-corrected chi connectivity index (χ2v) is 5.25. The molecule has 0 saturated heterocycles. The molecule has 1 fully saturated rings. The van der Waals surface area contributed by atoms with Gasteiger partial charge in [0.1, 0.15) is 0 Å². The third-order valence-corrected chi connectivity index (χ3v) is 3.56. The van der Waals surface area contributed by atoms with Crippen LogP contribution in [0.4, 0.5) is 0 Å². The molecule has 0 bridgehead atoms. The molecule has 1 heterocycles. The molecule has 0 atom stereocenters. The predicted octanol–water partition coefficient (Wildman–Crippen LogP) is 4.41. The maximum Gasteiger partial charge on any atom is 0.229 e. The SMILES string of the molecule is CCCCC(CCCC)c1noc(C2CC2)n1.